The SMILES string of the molecule is CCOC(=O)c1ccc(NC(=O)C(C)Sc2cccc(NC(=O)c3ccc(OC)cc3)c2)cc1. The number of hydrogen-bond acceptors (Lipinski definition) is 6. The molecule has 0 aliphatic rings. The first-order chi connectivity index (χ1) is 16.4. The van der Waals surface area contributed by atoms with Crippen LogP contribution in [0.25, 0.3) is 0 Å². The monoisotopic (exact) mass is 478 g/mol. The molecule has 0 fully saturated rings. The Kier molecular flexibility index (Phi) is 8.70. The molecule has 7 nitrogen and oxygen atoms in total. The summed E-state index contributed by atoms with van der Waals surface area (Å²) in [5.74, 6) is -0.135. The minimum atomic E-state index is -0.400. The van der Waals surface area contributed by atoms with Gasteiger partial charge in [0.25, 0.3) is 5.91 Å². The third kappa shape index (κ3) is 6.86. The molecule has 0 bridgehead atoms. The summed E-state index contributed by atoms with van der Waals surface area (Å²) in [7, 11) is 1.57. The van der Waals surface area contributed by atoms with Crippen LogP contribution in [-0.4, -0.2) is 36.8 Å². The smallest absolute Gasteiger partial charge is 0.338 e. The summed E-state index contributed by atoms with van der Waals surface area (Å²) in [5, 5.41) is 5.32. The second-order valence-electron chi connectivity index (χ2n) is 7.26. The van der Waals surface area contributed by atoms with E-state index < -0.39 is 11.2 Å². The second-order valence-corrected chi connectivity index (χ2v) is 8.67. The third-order valence-corrected chi connectivity index (χ3v) is 5.88. The van der Waals surface area contributed by atoms with Crippen molar-refractivity contribution in [3.05, 3.63) is 83.9 Å². The average molecular weight is 479 g/mol. The Balaban J connectivity index is 1.57. The van der Waals surface area contributed by atoms with E-state index in [4.69, 9.17) is 9.47 Å². The summed E-state index contributed by atoms with van der Waals surface area (Å²) >= 11 is 1.37. The number of amides is 2. The van der Waals surface area contributed by atoms with E-state index in [9.17, 15) is 14.4 Å². The van der Waals surface area contributed by atoms with Gasteiger partial charge in [-0.3, -0.25) is 9.59 Å². The van der Waals surface area contributed by atoms with Crippen molar-refractivity contribution in [2.24, 2.45) is 0 Å². The molecular weight excluding hydrogens is 452 g/mol. The van der Waals surface area contributed by atoms with Gasteiger partial charge in [-0.1, -0.05) is 6.07 Å². The second kappa shape index (κ2) is 11.9. The molecule has 3 rings (SSSR count). The van der Waals surface area contributed by atoms with Gasteiger partial charge in [0.1, 0.15) is 5.75 Å². The molecule has 0 radical (unpaired) electrons. The number of carbonyl (C=O) groups excluding carboxylic acids is 3. The van der Waals surface area contributed by atoms with E-state index in [1.54, 1.807) is 75.6 Å². The Hall–Kier alpha value is -3.78. The number of thioether (sulfide) groups is 1. The lowest BCUT2D eigenvalue weighted by Gasteiger charge is -2.13. The molecule has 3 aromatic carbocycles. The molecule has 0 heterocycles. The fourth-order valence-corrected chi connectivity index (χ4v) is 3.92. The summed E-state index contributed by atoms with van der Waals surface area (Å²) in [4.78, 5) is 37.7. The highest BCUT2D eigenvalue weighted by molar-refractivity contribution is 8.00. The number of ether oxygens (including phenoxy) is 2. The molecule has 0 saturated heterocycles. The van der Waals surface area contributed by atoms with Crippen molar-refractivity contribution in [2.45, 2.75) is 24.0 Å². The maximum atomic E-state index is 12.6. The zero-order valence-corrected chi connectivity index (χ0v) is 20.0. The van der Waals surface area contributed by atoms with Gasteiger partial charge in [-0.2, -0.15) is 0 Å². The molecule has 8 heteroatoms. The highest BCUT2D eigenvalue weighted by Crippen LogP contribution is 2.27. The number of methoxy groups -OCH3 is 1. The fraction of sp³-hybridized carbons (Fsp3) is 0.192. The Labute approximate surface area is 202 Å². The molecule has 34 heavy (non-hydrogen) atoms. The summed E-state index contributed by atoms with van der Waals surface area (Å²) < 4.78 is 10.1. The van der Waals surface area contributed by atoms with Crippen LogP contribution in [0.5, 0.6) is 5.75 Å². The van der Waals surface area contributed by atoms with Gasteiger partial charge in [0.15, 0.2) is 0 Å². The van der Waals surface area contributed by atoms with E-state index >= 15 is 0 Å². The van der Waals surface area contributed by atoms with Gasteiger partial charge in [0.2, 0.25) is 5.91 Å². The molecular formula is C26H26N2O5S. The maximum Gasteiger partial charge on any atom is 0.338 e. The number of esters is 1. The first-order valence-electron chi connectivity index (χ1n) is 10.7. The lowest BCUT2D eigenvalue weighted by atomic mass is 10.2. The molecule has 0 spiro atoms. The Morgan fingerprint density at radius 1 is 0.882 bits per heavy atom. The van der Waals surface area contributed by atoms with Gasteiger partial charge in [0, 0.05) is 21.8 Å². The lowest BCUT2D eigenvalue weighted by molar-refractivity contribution is -0.115. The largest absolute Gasteiger partial charge is 0.497 e. The van der Waals surface area contributed by atoms with Crippen LogP contribution in [-0.2, 0) is 9.53 Å². The van der Waals surface area contributed by atoms with Gasteiger partial charge >= 0.3 is 5.97 Å². The first-order valence-corrected chi connectivity index (χ1v) is 11.6. The normalized spacial score (nSPS) is 11.3. The fourth-order valence-electron chi connectivity index (χ4n) is 3.00. The number of carbonyl (C=O) groups is 3. The van der Waals surface area contributed by atoms with Gasteiger partial charge < -0.3 is 20.1 Å². The lowest BCUT2D eigenvalue weighted by Crippen LogP contribution is -2.22. The Bertz CT molecular complexity index is 1150. The number of nitrogens with one attached hydrogen (secondary N) is 2. The number of hydrogen-bond donors (Lipinski definition) is 2. The molecule has 176 valence electrons. The predicted octanol–water partition coefficient (Wildman–Crippen LogP) is 5.24. The van der Waals surface area contributed by atoms with Crippen molar-refractivity contribution in [2.75, 3.05) is 24.4 Å². The summed E-state index contributed by atoms with van der Waals surface area (Å²) in [6.07, 6.45) is 0. The van der Waals surface area contributed by atoms with E-state index in [-0.39, 0.29) is 11.8 Å². The quantitative estimate of drug-likeness (QED) is 0.323. The van der Waals surface area contributed by atoms with Crippen LogP contribution in [0, 0.1) is 0 Å². The molecule has 1 atom stereocenters. The molecule has 2 amide bonds. The van der Waals surface area contributed by atoms with E-state index in [0.29, 0.717) is 34.9 Å². The molecule has 0 aliphatic carbocycles. The number of anilines is 2. The van der Waals surface area contributed by atoms with Gasteiger partial charge in [0.05, 0.1) is 24.5 Å². The first kappa shape index (κ1) is 24.9. The Morgan fingerprint density at radius 2 is 1.56 bits per heavy atom. The van der Waals surface area contributed by atoms with Crippen LogP contribution in [0.2, 0.25) is 0 Å². The molecule has 0 aliphatic heterocycles. The maximum absolute atomic E-state index is 12.6. The van der Waals surface area contributed by atoms with Crippen molar-refractivity contribution < 1.29 is 23.9 Å². The summed E-state index contributed by atoms with van der Waals surface area (Å²) in [6, 6.07) is 20.7. The molecule has 2 N–H and O–H groups in total. The van der Waals surface area contributed by atoms with Crippen LogP contribution >= 0.6 is 11.8 Å². The van der Waals surface area contributed by atoms with E-state index in [0.717, 1.165) is 4.90 Å². The van der Waals surface area contributed by atoms with E-state index in [1.807, 2.05) is 18.2 Å². The highest BCUT2D eigenvalue weighted by atomic mass is 32.2. The van der Waals surface area contributed by atoms with Gasteiger partial charge in [-0.25, -0.2) is 4.79 Å². The van der Waals surface area contributed by atoms with Crippen LogP contribution in [0.4, 0.5) is 11.4 Å². The predicted molar refractivity (Wildman–Crippen MR) is 134 cm³/mol. The number of benzene rings is 3. The molecule has 1 unspecified atom stereocenters. The molecule has 0 saturated carbocycles. The van der Waals surface area contributed by atoms with Crippen molar-refractivity contribution in [3.8, 4) is 5.75 Å². The zero-order chi connectivity index (χ0) is 24.5. The van der Waals surface area contributed by atoms with Crippen LogP contribution in [0.15, 0.2) is 77.7 Å². The third-order valence-electron chi connectivity index (χ3n) is 4.79. The minimum Gasteiger partial charge on any atom is -0.497 e. The minimum absolute atomic E-state index is 0.179. The number of rotatable bonds is 9. The van der Waals surface area contributed by atoms with Crippen molar-refractivity contribution in [1.82, 2.24) is 0 Å². The Morgan fingerprint density at radius 3 is 2.21 bits per heavy atom. The summed E-state index contributed by atoms with van der Waals surface area (Å²) in [5.41, 5.74) is 2.16. The average Bonchev–Trinajstić information content (AvgIpc) is 2.84. The van der Waals surface area contributed by atoms with Crippen molar-refractivity contribution >= 4 is 40.9 Å². The summed E-state index contributed by atoms with van der Waals surface area (Å²) in [6.45, 7) is 3.85. The molecule has 3 aromatic rings. The van der Waals surface area contributed by atoms with Crippen LogP contribution in [0.3, 0.4) is 0 Å². The van der Waals surface area contributed by atoms with Crippen molar-refractivity contribution in [1.29, 1.82) is 0 Å². The van der Waals surface area contributed by atoms with Crippen LogP contribution < -0.4 is 15.4 Å². The standard InChI is InChI=1S/C26H26N2O5S/c1-4-33-26(31)19-8-12-20(13-9-19)27-24(29)17(2)34-23-7-5-6-21(16-23)28-25(30)18-10-14-22(32-3)15-11-18/h5-17H,4H2,1-3H3,(H,27,29)(H,28,30). The van der Waals surface area contributed by atoms with E-state index in [2.05, 4.69) is 10.6 Å². The topological polar surface area (TPSA) is 93.7 Å². The van der Waals surface area contributed by atoms with E-state index in [1.165, 1.54) is 11.8 Å². The van der Waals surface area contributed by atoms with Crippen LogP contribution in [0.1, 0.15) is 34.6 Å². The highest BCUT2D eigenvalue weighted by Gasteiger charge is 2.16. The van der Waals surface area contributed by atoms with Gasteiger partial charge in [-0.05, 0) is 80.6 Å². The molecule has 0 aromatic heterocycles. The van der Waals surface area contributed by atoms with Crippen molar-refractivity contribution in [3.63, 3.8) is 0 Å². The van der Waals surface area contributed by atoms with Gasteiger partial charge in [-0.15, -0.1) is 11.8 Å². The zero-order valence-electron chi connectivity index (χ0n) is 19.2.